The molecule has 2 aliphatic rings. The lowest BCUT2D eigenvalue weighted by Gasteiger charge is -2.40. The quantitative estimate of drug-likeness (QED) is 0.843. The van der Waals surface area contributed by atoms with Gasteiger partial charge < -0.3 is 4.90 Å². The molecule has 1 aromatic carbocycles. The fourth-order valence-corrected chi connectivity index (χ4v) is 5.39. The van der Waals surface area contributed by atoms with E-state index in [1.807, 2.05) is 19.1 Å². The Morgan fingerprint density at radius 3 is 2.27 bits per heavy atom. The third-order valence-corrected chi connectivity index (χ3v) is 7.35. The van der Waals surface area contributed by atoms with Gasteiger partial charge in [-0.05, 0) is 37.1 Å². The van der Waals surface area contributed by atoms with E-state index in [0.29, 0.717) is 17.4 Å². The van der Waals surface area contributed by atoms with Crippen molar-refractivity contribution in [2.45, 2.75) is 50.8 Å². The molecular weight excluding hydrogens is 348 g/mol. The molecule has 6 nitrogen and oxygen atoms in total. The minimum absolute atomic E-state index is 0.147. The topological polar surface area (TPSA) is 55.9 Å². The zero-order valence-electron chi connectivity index (χ0n) is 16.4. The molecule has 0 aliphatic carbocycles. The van der Waals surface area contributed by atoms with Gasteiger partial charge in [0.1, 0.15) is 6.29 Å². The van der Waals surface area contributed by atoms with Gasteiger partial charge in [-0.1, -0.05) is 32.9 Å². The number of rotatable bonds is 5. The Bertz CT molecular complexity index is 697. The lowest BCUT2D eigenvalue weighted by atomic mass is 10.0. The van der Waals surface area contributed by atoms with Crippen molar-refractivity contribution in [2.24, 2.45) is 0 Å². The standard InChI is InChI=1S/C19H32N4O2S/c1-5-21-10-12-22(13-11-21)19-20-16(4)14-23(19)26(24,25)18-8-6-17(7-9-18)15(2)3/h6-9,15-16,19-20H,5,10-14H2,1-4H3/t16-,19?/m1/s1. The van der Waals surface area contributed by atoms with Gasteiger partial charge in [0.2, 0.25) is 10.0 Å². The fraction of sp³-hybridized carbons (Fsp3) is 0.684. The van der Waals surface area contributed by atoms with Crippen molar-refractivity contribution < 1.29 is 8.42 Å². The van der Waals surface area contributed by atoms with Gasteiger partial charge in [-0.2, -0.15) is 4.31 Å². The van der Waals surface area contributed by atoms with Crippen LogP contribution in [0, 0.1) is 0 Å². The van der Waals surface area contributed by atoms with Gasteiger partial charge in [0.05, 0.1) is 4.90 Å². The molecule has 26 heavy (non-hydrogen) atoms. The van der Waals surface area contributed by atoms with E-state index in [1.165, 1.54) is 0 Å². The number of hydrogen-bond acceptors (Lipinski definition) is 5. The minimum atomic E-state index is -3.52. The average molecular weight is 381 g/mol. The molecule has 0 aromatic heterocycles. The van der Waals surface area contributed by atoms with E-state index in [-0.39, 0.29) is 12.3 Å². The van der Waals surface area contributed by atoms with E-state index in [0.717, 1.165) is 38.3 Å². The first-order chi connectivity index (χ1) is 12.3. The number of nitrogens with zero attached hydrogens (tertiary/aromatic N) is 3. The second-order valence-corrected chi connectivity index (χ2v) is 9.60. The summed E-state index contributed by atoms with van der Waals surface area (Å²) in [5, 5.41) is 3.47. The number of likely N-dealkylation sites (N-methyl/N-ethyl adjacent to an activating group) is 1. The van der Waals surface area contributed by atoms with Gasteiger partial charge in [-0.3, -0.25) is 10.2 Å². The largest absolute Gasteiger partial charge is 0.301 e. The molecule has 0 amide bonds. The van der Waals surface area contributed by atoms with E-state index in [2.05, 4.69) is 35.9 Å². The first-order valence-electron chi connectivity index (χ1n) is 9.67. The van der Waals surface area contributed by atoms with Crippen LogP contribution in [-0.2, 0) is 10.0 Å². The molecule has 0 spiro atoms. The summed E-state index contributed by atoms with van der Waals surface area (Å²) in [5.41, 5.74) is 1.16. The first kappa shape index (κ1) is 19.8. The molecule has 146 valence electrons. The summed E-state index contributed by atoms with van der Waals surface area (Å²) in [5.74, 6) is 0.392. The highest BCUT2D eigenvalue weighted by molar-refractivity contribution is 7.89. The molecule has 7 heteroatoms. The molecule has 2 saturated heterocycles. The summed E-state index contributed by atoms with van der Waals surface area (Å²) in [6.45, 7) is 13.7. The highest BCUT2D eigenvalue weighted by Crippen LogP contribution is 2.25. The number of hydrogen-bond donors (Lipinski definition) is 1. The van der Waals surface area contributed by atoms with Crippen LogP contribution in [0.2, 0.25) is 0 Å². The molecule has 2 atom stereocenters. The summed E-state index contributed by atoms with van der Waals surface area (Å²) in [6.07, 6.45) is -0.251. The van der Waals surface area contributed by atoms with Crippen LogP contribution in [0.3, 0.4) is 0 Å². The van der Waals surface area contributed by atoms with Crippen molar-refractivity contribution in [2.75, 3.05) is 39.3 Å². The summed E-state index contributed by atoms with van der Waals surface area (Å²) >= 11 is 0. The number of piperazine rings is 1. The number of benzene rings is 1. The van der Waals surface area contributed by atoms with Crippen molar-refractivity contribution in [3.05, 3.63) is 29.8 Å². The van der Waals surface area contributed by atoms with Crippen LogP contribution < -0.4 is 5.32 Å². The van der Waals surface area contributed by atoms with Crippen LogP contribution in [0.4, 0.5) is 0 Å². The Labute approximate surface area is 158 Å². The Morgan fingerprint density at radius 2 is 1.73 bits per heavy atom. The summed E-state index contributed by atoms with van der Waals surface area (Å²) < 4.78 is 28.2. The molecule has 1 unspecified atom stereocenters. The molecule has 0 bridgehead atoms. The highest BCUT2D eigenvalue weighted by atomic mass is 32.2. The Balaban J connectivity index is 1.80. The van der Waals surface area contributed by atoms with Gasteiger partial charge in [0.25, 0.3) is 0 Å². The molecule has 1 aromatic rings. The molecular formula is C19H32N4O2S. The zero-order chi connectivity index (χ0) is 18.9. The van der Waals surface area contributed by atoms with Crippen molar-refractivity contribution in [1.29, 1.82) is 0 Å². The summed E-state index contributed by atoms with van der Waals surface area (Å²) in [7, 11) is -3.52. The smallest absolute Gasteiger partial charge is 0.245 e. The maximum atomic E-state index is 13.3. The maximum absolute atomic E-state index is 13.3. The molecule has 3 rings (SSSR count). The molecule has 1 N–H and O–H groups in total. The van der Waals surface area contributed by atoms with Crippen LogP contribution in [0.25, 0.3) is 0 Å². The van der Waals surface area contributed by atoms with Crippen molar-refractivity contribution in [3.8, 4) is 0 Å². The first-order valence-corrected chi connectivity index (χ1v) is 11.1. The van der Waals surface area contributed by atoms with Crippen LogP contribution in [0.1, 0.15) is 39.2 Å². The zero-order valence-corrected chi connectivity index (χ0v) is 17.2. The van der Waals surface area contributed by atoms with Crippen LogP contribution in [-0.4, -0.2) is 74.1 Å². The van der Waals surface area contributed by atoms with E-state index in [4.69, 9.17) is 0 Å². The van der Waals surface area contributed by atoms with Crippen LogP contribution in [0.15, 0.2) is 29.2 Å². The second-order valence-electron chi connectivity index (χ2n) is 7.71. The third-order valence-electron chi connectivity index (χ3n) is 5.51. The third kappa shape index (κ3) is 3.97. The molecule has 2 fully saturated rings. The number of nitrogens with one attached hydrogen (secondary N) is 1. The fourth-order valence-electron chi connectivity index (χ4n) is 3.76. The summed E-state index contributed by atoms with van der Waals surface area (Å²) in [4.78, 5) is 5.05. The van der Waals surface area contributed by atoms with E-state index in [9.17, 15) is 8.42 Å². The normalized spacial score (nSPS) is 26.7. The monoisotopic (exact) mass is 380 g/mol. The van der Waals surface area contributed by atoms with Gasteiger partial charge in [-0.25, -0.2) is 8.42 Å². The van der Waals surface area contributed by atoms with Crippen molar-refractivity contribution >= 4 is 10.0 Å². The predicted octanol–water partition coefficient (Wildman–Crippen LogP) is 1.71. The molecule has 0 radical (unpaired) electrons. The minimum Gasteiger partial charge on any atom is -0.301 e. The predicted molar refractivity (Wildman–Crippen MR) is 104 cm³/mol. The summed E-state index contributed by atoms with van der Waals surface area (Å²) in [6, 6.07) is 7.51. The van der Waals surface area contributed by atoms with Crippen LogP contribution in [0.5, 0.6) is 0 Å². The van der Waals surface area contributed by atoms with Crippen LogP contribution >= 0.6 is 0 Å². The Kier molecular flexibility index (Phi) is 6.04. The molecule has 2 heterocycles. The SMILES string of the molecule is CCN1CCN(C2N[C@H](C)CN2S(=O)(=O)c2ccc(C(C)C)cc2)CC1. The van der Waals surface area contributed by atoms with Crippen molar-refractivity contribution in [1.82, 2.24) is 19.4 Å². The second kappa shape index (κ2) is 7.94. The van der Waals surface area contributed by atoms with E-state index in [1.54, 1.807) is 16.4 Å². The lowest BCUT2D eigenvalue weighted by Crippen LogP contribution is -2.58. The average Bonchev–Trinajstić information content (AvgIpc) is 3.04. The van der Waals surface area contributed by atoms with Gasteiger partial charge in [0.15, 0.2) is 0 Å². The highest BCUT2D eigenvalue weighted by Gasteiger charge is 2.41. The Hall–Kier alpha value is -0.990. The van der Waals surface area contributed by atoms with Gasteiger partial charge >= 0.3 is 0 Å². The maximum Gasteiger partial charge on any atom is 0.245 e. The number of sulfonamides is 1. The van der Waals surface area contributed by atoms with Gasteiger partial charge in [-0.15, -0.1) is 0 Å². The van der Waals surface area contributed by atoms with Gasteiger partial charge in [0, 0.05) is 38.8 Å². The van der Waals surface area contributed by atoms with Crippen molar-refractivity contribution in [3.63, 3.8) is 0 Å². The van der Waals surface area contributed by atoms with E-state index >= 15 is 0 Å². The Morgan fingerprint density at radius 1 is 1.12 bits per heavy atom. The molecule has 2 aliphatic heterocycles. The van der Waals surface area contributed by atoms with E-state index < -0.39 is 10.0 Å². The molecule has 0 saturated carbocycles. The lowest BCUT2D eigenvalue weighted by molar-refractivity contribution is 0.0524.